The van der Waals surface area contributed by atoms with Crippen molar-refractivity contribution in [2.75, 3.05) is 30.4 Å². The molecular weight excluding hydrogens is 282 g/mol. The first-order valence-corrected chi connectivity index (χ1v) is 7.64. The predicted molar refractivity (Wildman–Crippen MR) is 85.9 cm³/mol. The van der Waals surface area contributed by atoms with Crippen LogP contribution in [0.25, 0.3) is 0 Å². The molecule has 3 N–H and O–H groups in total. The number of hydrogen-bond donors (Lipinski definition) is 3. The first-order chi connectivity index (χ1) is 10.6. The third kappa shape index (κ3) is 6.58. The van der Waals surface area contributed by atoms with Gasteiger partial charge in [-0.05, 0) is 43.4 Å². The van der Waals surface area contributed by atoms with E-state index in [4.69, 9.17) is 4.74 Å². The molecule has 6 nitrogen and oxygen atoms in total. The fraction of sp³-hybridized carbons (Fsp3) is 0.500. The van der Waals surface area contributed by atoms with Crippen molar-refractivity contribution < 1.29 is 14.3 Å². The molecular formula is C16H23N3O3. The molecule has 6 heteroatoms. The van der Waals surface area contributed by atoms with Gasteiger partial charge in [0, 0.05) is 38.1 Å². The molecule has 0 aliphatic heterocycles. The smallest absolute Gasteiger partial charge is 0.319 e. The van der Waals surface area contributed by atoms with Crippen LogP contribution in [0.15, 0.2) is 24.3 Å². The van der Waals surface area contributed by atoms with Gasteiger partial charge in [0.05, 0.1) is 0 Å². The summed E-state index contributed by atoms with van der Waals surface area (Å²) < 4.78 is 5.50. The Bertz CT molecular complexity index is 515. The van der Waals surface area contributed by atoms with Gasteiger partial charge in [0.15, 0.2) is 0 Å². The van der Waals surface area contributed by atoms with Crippen LogP contribution in [-0.4, -0.2) is 31.7 Å². The summed E-state index contributed by atoms with van der Waals surface area (Å²) in [6.45, 7) is 3.54. The van der Waals surface area contributed by atoms with Crippen LogP contribution >= 0.6 is 0 Å². The van der Waals surface area contributed by atoms with Crippen LogP contribution in [0.3, 0.4) is 0 Å². The average Bonchev–Trinajstić information content (AvgIpc) is 3.26. The highest BCUT2D eigenvalue weighted by Crippen LogP contribution is 2.28. The van der Waals surface area contributed by atoms with E-state index in [9.17, 15) is 9.59 Å². The molecule has 0 aromatic heterocycles. The molecule has 22 heavy (non-hydrogen) atoms. The van der Waals surface area contributed by atoms with Gasteiger partial charge in [-0.2, -0.15) is 0 Å². The summed E-state index contributed by atoms with van der Waals surface area (Å²) in [6, 6.07) is 6.75. The van der Waals surface area contributed by atoms with Gasteiger partial charge in [-0.15, -0.1) is 0 Å². The molecule has 1 aliphatic carbocycles. The van der Waals surface area contributed by atoms with Gasteiger partial charge in [-0.1, -0.05) is 6.07 Å². The number of amides is 3. The van der Waals surface area contributed by atoms with Gasteiger partial charge >= 0.3 is 6.03 Å². The number of rotatable bonds is 8. The summed E-state index contributed by atoms with van der Waals surface area (Å²) in [5.41, 5.74) is 1.28. The normalized spacial score (nSPS) is 13.5. The molecule has 1 aromatic rings. The summed E-state index contributed by atoms with van der Waals surface area (Å²) in [5, 5.41) is 8.18. The Kier molecular flexibility index (Phi) is 6.21. The largest absolute Gasteiger partial charge is 0.381 e. The third-order valence-electron chi connectivity index (χ3n) is 3.24. The average molecular weight is 305 g/mol. The Morgan fingerprint density at radius 1 is 1.23 bits per heavy atom. The van der Waals surface area contributed by atoms with Crippen LogP contribution in [0.2, 0.25) is 0 Å². The monoisotopic (exact) mass is 305 g/mol. The predicted octanol–water partition coefficient (Wildman–Crippen LogP) is 2.58. The van der Waals surface area contributed by atoms with Crippen molar-refractivity contribution in [2.45, 2.75) is 26.2 Å². The molecule has 1 saturated carbocycles. The van der Waals surface area contributed by atoms with Gasteiger partial charge in [-0.3, -0.25) is 4.79 Å². The van der Waals surface area contributed by atoms with E-state index < -0.39 is 0 Å². The van der Waals surface area contributed by atoms with Crippen LogP contribution in [0.5, 0.6) is 0 Å². The van der Waals surface area contributed by atoms with Crippen molar-refractivity contribution in [3.05, 3.63) is 24.3 Å². The second-order valence-corrected chi connectivity index (χ2v) is 5.51. The SMILES string of the molecule is CC(=O)Nc1cccc(NC(=O)NCCCOCC2CC2)c1. The van der Waals surface area contributed by atoms with Crippen molar-refractivity contribution in [2.24, 2.45) is 5.92 Å². The zero-order valence-electron chi connectivity index (χ0n) is 12.9. The minimum absolute atomic E-state index is 0.146. The van der Waals surface area contributed by atoms with E-state index in [-0.39, 0.29) is 11.9 Å². The van der Waals surface area contributed by atoms with Crippen LogP contribution < -0.4 is 16.0 Å². The quantitative estimate of drug-likeness (QED) is 0.646. The number of anilines is 2. The highest BCUT2D eigenvalue weighted by molar-refractivity contribution is 5.92. The van der Waals surface area contributed by atoms with E-state index in [0.29, 0.717) is 24.5 Å². The highest BCUT2D eigenvalue weighted by atomic mass is 16.5. The first-order valence-electron chi connectivity index (χ1n) is 7.64. The molecule has 1 fully saturated rings. The van der Waals surface area contributed by atoms with Crippen molar-refractivity contribution in [1.29, 1.82) is 0 Å². The van der Waals surface area contributed by atoms with Crippen LogP contribution in [0.4, 0.5) is 16.2 Å². The van der Waals surface area contributed by atoms with E-state index in [1.54, 1.807) is 24.3 Å². The third-order valence-corrected chi connectivity index (χ3v) is 3.24. The summed E-state index contributed by atoms with van der Waals surface area (Å²) in [4.78, 5) is 22.7. The molecule has 0 atom stereocenters. The van der Waals surface area contributed by atoms with Crippen molar-refractivity contribution in [3.63, 3.8) is 0 Å². The maximum absolute atomic E-state index is 11.7. The Hall–Kier alpha value is -2.08. The highest BCUT2D eigenvalue weighted by Gasteiger charge is 2.20. The number of carbonyl (C=O) groups is 2. The van der Waals surface area contributed by atoms with Gasteiger partial charge in [0.1, 0.15) is 0 Å². The Morgan fingerprint density at radius 3 is 2.64 bits per heavy atom. The number of nitrogens with one attached hydrogen (secondary N) is 3. The number of benzene rings is 1. The molecule has 0 radical (unpaired) electrons. The molecule has 0 bridgehead atoms. The lowest BCUT2D eigenvalue weighted by Crippen LogP contribution is -2.30. The van der Waals surface area contributed by atoms with Crippen molar-refractivity contribution in [1.82, 2.24) is 5.32 Å². The lowest BCUT2D eigenvalue weighted by Gasteiger charge is -2.09. The van der Waals surface area contributed by atoms with Gasteiger partial charge in [0.25, 0.3) is 0 Å². The molecule has 2 rings (SSSR count). The molecule has 3 amide bonds. The van der Waals surface area contributed by atoms with E-state index in [1.165, 1.54) is 19.8 Å². The maximum Gasteiger partial charge on any atom is 0.319 e. The van der Waals surface area contributed by atoms with Crippen LogP contribution in [0.1, 0.15) is 26.2 Å². The lowest BCUT2D eigenvalue weighted by atomic mass is 10.2. The summed E-state index contributed by atoms with van der Waals surface area (Å²) >= 11 is 0. The number of carbonyl (C=O) groups excluding carboxylic acids is 2. The second kappa shape index (κ2) is 8.38. The lowest BCUT2D eigenvalue weighted by molar-refractivity contribution is -0.114. The fourth-order valence-corrected chi connectivity index (χ4v) is 1.96. The zero-order valence-corrected chi connectivity index (χ0v) is 12.9. The standard InChI is InChI=1S/C16H23N3O3/c1-12(20)18-14-4-2-5-15(10-14)19-16(21)17-8-3-9-22-11-13-6-7-13/h2,4-5,10,13H,3,6-9,11H2,1H3,(H,18,20)(H2,17,19,21). The Morgan fingerprint density at radius 2 is 1.95 bits per heavy atom. The second-order valence-electron chi connectivity index (χ2n) is 5.51. The summed E-state index contributed by atoms with van der Waals surface area (Å²) in [6.07, 6.45) is 3.38. The van der Waals surface area contributed by atoms with Gasteiger partial charge in [-0.25, -0.2) is 4.79 Å². The fourth-order valence-electron chi connectivity index (χ4n) is 1.96. The molecule has 0 saturated heterocycles. The Balaban J connectivity index is 1.62. The topological polar surface area (TPSA) is 79.5 Å². The van der Waals surface area contributed by atoms with Crippen LogP contribution in [0, 0.1) is 5.92 Å². The van der Waals surface area contributed by atoms with Gasteiger partial charge < -0.3 is 20.7 Å². The molecule has 1 aliphatic rings. The Labute approximate surface area is 130 Å². The van der Waals surface area contributed by atoms with Crippen molar-refractivity contribution in [3.8, 4) is 0 Å². The molecule has 120 valence electrons. The summed E-state index contributed by atoms with van der Waals surface area (Å²) in [5.74, 6) is 0.625. The number of urea groups is 1. The molecule has 0 heterocycles. The maximum atomic E-state index is 11.7. The number of ether oxygens (including phenoxy) is 1. The first kappa shape index (κ1) is 16.3. The molecule has 0 spiro atoms. The minimum Gasteiger partial charge on any atom is -0.381 e. The number of hydrogen-bond acceptors (Lipinski definition) is 3. The molecule has 0 unspecified atom stereocenters. The van der Waals surface area contributed by atoms with Crippen molar-refractivity contribution >= 4 is 23.3 Å². The molecule has 1 aromatic carbocycles. The minimum atomic E-state index is -0.262. The van der Waals surface area contributed by atoms with E-state index in [0.717, 1.165) is 18.9 Å². The van der Waals surface area contributed by atoms with Crippen LogP contribution in [-0.2, 0) is 9.53 Å². The summed E-state index contributed by atoms with van der Waals surface area (Å²) in [7, 11) is 0. The van der Waals surface area contributed by atoms with Gasteiger partial charge in [0.2, 0.25) is 5.91 Å². The van der Waals surface area contributed by atoms with E-state index in [2.05, 4.69) is 16.0 Å². The van der Waals surface area contributed by atoms with E-state index >= 15 is 0 Å². The zero-order chi connectivity index (χ0) is 15.8. The van der Waals surface area contributed by atoms with E-state index in [1.807, 2.05) is 0 Å².